The number of amides is 1. The van der Waals surface area contributed by atoms with Crippen molar-refractivity contribution in [1.82, 2.24) is 19.4 Å². The molecule has 4 rings (SSSR count). The van der Waals surface area contributed by atoms with Gasteiger partial charge in [-0.15, -0.1) is 0 Å². The molecule has 1 aromatic heterocycles. The molecule has 0 aliphatic carbocycles. The predicted octanol–water partition coefficient (Wildman–Crippen LogP) is 3.29. The predicted molar refractivity (Wildman–Crippen MR) is 115 cm³/mol. The summed E-state index contributed by atoms with van der Waals surface area (Å²) in [5, 5.41) is 7.50. The first-order valence-corrected chi connectivity index (χ1v) is 11.9. The highest BCUT2D eigenvalue weighted by atomic mass is 32.2. The second kappa shape index (κ2) is 8.95. The van der Waals surface area contributed by atoms with Crippen molar-refractivity contribution < 1.29 is 22.0 Å². The van der Waals surface area contributed by atoms with Crippen LogP contribution in [0.4, 0.5) is 8.78 Å². The number of hydrogen-bond donors (Lipinski definition) is 1. The molecule has 1 aliphatic heterocycles. The number of rotatable bonds is 6. The molecule has 3 aromatic rings. The Balaban J connectivity index is 1.42. The number of carbonyl (C=O) groups is 1. The maximum atomic E-state index is 14.0. The van der Waals surface area contributed by atoms with Crippen molar-refractivity contribution >= 4 is 26.8 Å². The summed E-state index contributed by atoms with van der Waals surface area (Å²) in [5.41, 5.74) is 0.758. The Morgan fingerprint density at radius 2 is 1.97 bits per heavy atom. The zero-order chi connectivity index (χ0) is 22.9. The molecule has 1 fully saturated rings. The maximum absolute atomic E-state index is 14.0. The van der Waals surface area contributed by atoms with Crippen LogP contribution in [-0.4, -0.2) is 53.4 Å². The number of benzene rings is 2. The average molecular weight is 463 g/mol. The molecule has 0 bridgehead atoms. The van der Waals surface area contributed by atoms with Crippen molar-refractivity contribution in [3.63, 3.8) is 0 Å². The van der Waals surface area contributed by atoms with Crippen LogP contribution in [0.3, 0.4) is 0 Å². The van der Waals surface area contributed by atoms with Crippen molar-refractivity contribution in [3.05, 3.63) is 59.8 Å². The van der Waals surface area contributed by atoms with Gasteiger partial charge in [-0.25, -0.2) is 17.2 Å². The molecule has 0 spiro atoms. The quantitative estimate of drug-likeness (QED) is 0.609. The van der Waals surface area contributed by atoms with Gasteiger partial charge >= 0.3 is 0 Å². The van der Waals surface area contributed by atoms with Crippen molar-refractivity contribution in [2.45, 2.75) is 31.2 Å². The van der Waals surface area contributed by atoms with Gasteiger partial charge in [-0.05, 0) is 44.0 Å². The standard InChI is InChI=1S/C22H24F2N4O3S/c1-2-27(14-17-4-3-5-19(23)21(17)24)22(29)15-8-10-28(11-9-15)32(30,31)18-7-6-16-13-25-26-20(16)12-18/h3-7,12-13,15H,2,8-11,14H2,1H3,(H,25,26). The van der Waals surface area contributed by atoms with Gasteiger partial charge in [0.15, 0.2) is 11.6 Å². The monoisotopic (exact) mass is 462 g/mol. The van der Waals surface area contributed by atoms with Crippen molar-refractivity contribution in [3.8, 4) is 0 Å². The van der Waals surface area contributed by atoms with Crippen molar-refractivity contribution in [2.75, 3.05) is 19.6 Å². The fraction of sp³-hybridized carbons (Fsp3) is 0.364. The topological polar surface area (TPSA) is 86.4 Å². The van der Waals surface area contributed by atoms with E-state index in [4.69, 9.17) is 0 Å². The lowest BCUT2D eigenvalue weighted by molar-refractivity contribution is -0.137. The molecule has 0 radical (unpaired) electrons. The van der Waals surface area contributed by atoms with E-state index in [0.29, 0.717) is 24.9 Å². The van der Waals surface area contributed by atoms with Gasteiger partial charge < -0.3 is 4.90 Å². The maximum Gasteiger partial charge on any atom is 0.243 e. The molecule has 0 unspecified atom stereocenters. The second-order valence-electron chi connectivity index (χ2n) is 7.86. The van der Waals surface area contributed by atoms with E-state index in [9.17, 15) is 22.0 Å². The van der Waals surface area contributed by atoms with Gasteiger partial charge in [-0.2, -0.15) is 9.40 Å². The van der Waals surface area contributed by atoms with Gasteiger partial charge in [0.1, 0.15) is 0 Å². The molecule has 2 heterocycles. The van der Waals surface area contributed by atoms with E-state index >= 15 is 0 Å². The Hall–Kier alpha value is -2.85. The van der Waals surface area contributed by atoms with Crippen LogP contribution < -0.4 is 0 Å². The van der Waals surface area contributed by atoms with Gasteiger partial charge in [-0.3, -0.25) is 9.89 Å². The number of aromatic nitrogens is 2. The Labute approximate surface area is 185 Å². The molecule has 32 heavy (non-hydrogen) atoms. The summed E-state index contributed by atoms with van der Waals surface area (Å²) in [6.07, 6.45) is 2.36. The van der Waals surface area contributed by atoms with Gasteiger partial charge in [0, 0.05) is 43.0 Å². The molecule has 10 heteroatoms. The minimum Gasteiger partial charge on any atom is -0.338 e. The Morgan fingerprint density at radius 3 is 2.69 bits per heavy atom. The number of sulfonamides is 1. The minimum atomic E-state index is -3.70. The average Bonchev–Trinajstić information content (AvgIpc) is 3.28. The highest BCUT2D eigenvalue weighted by Crippen LogP contribution is 2.27. The number of nitrogens with zero attached hydrogens (tertiary/aromatic N) is 3. The summed E-state index contributed by atoms with van der Waals surface area (Å²) in [4.78, 5) is 14.7. The smallest absolute Gasteiger partial charge is 0.243 e. The minimum absolute atomic E-state index is 0.0262. The summed E-state index contributed by atoms with van der Waals surface area (Å²) in [7, 11) is -3.70. The number of carbonyl (C=O) groups excluding carboxylic acids is 1. The molecule has 7 nitrogen and oxygen atoms in total. The fourth-order valence-corrected chi connectivity index (χ4v) is 5.55. The number of halogens is 2. The third kappa shape index (κ3) is 4.24. The summed E-state index contributed by atoms with van der Waals surface area (Å²) >= 11 is 0. The highest BCUT2D eigenvalue weighted by Gasteiger charge is 2.34. The van der Waals surface area contributed by atoms with Gasteiger partial charge in [-0.1, -0.05) is 12.1 Å². The van der Waals surface area contributed by atoms with E-state index in [1.54, 1.807) is 31.3 Å². The number of aromatic amines is 1. The Kier molecular flexibility index (Phi) is 6.25. The third-order valence-corrected chi connectivity index (χ3v) is 7.84. The number of nitrogens with one attached hydrogen (secondary N) is 1. The zero-order valence-corrected chi connectivity index (χ0v) is 18.4. The molecule has 1 saturated heterocycles. The van der Waals surface area contributed by atoms with Crippen LogP contribution in [0.25, 0.3) is 10.9 Å². The number of H-pyrrole nitrogens is 1. The Bertz CT molecular complexity index is 1240. The van der Waals surface area contributed by atoms with Gasteiger partial charge in [0.2, 0.25) is 15.9 Å². The van der Waals surface area contributed by atoms with Crippen LogP contribution in [0.15, 0.2) is 47.5 Å². The normalized spacial score (nSPS) is 15.8. The van der Waals surface area contributed by atoms with E-state index in [1.807, 2.05) is 0 Å². The summed E-state index contributed by atoms with van der Waals surface area (Å²) in [5.74, 6) is -2.44. The second-order valence-corrected chi connectivity index (χ2v) is 9.80. The van der Waals surface area contributed by atoms with Crippen LogP contribution in [0.1, 0.15) is 25.3 Å². The lowest BCUT2D eigenvalue weighted by Crippen LogP contribution is -2.44. The lowest BCUT2D eigenvalue weighted by Gasteiger charge is -2.33. The van der Waals surface area contributed by atoms with E-state index in [-0.39, 0.29) is 41.9 Å². The Morgan fingerprint density at radius 1 is 1.22 bits per heavy atom. The summed E-state index contributed by atoms with van der Waals surface area (Å²) in [6, 6.07) is 8.72. The van der Waals surface area contributed by atoms with E-state index in [1.165, 1.54) is 21.3 Å². The first-order chi connectivity index (χ1) is 15.3. The lowest BCUT2D eigenvalue weighted by atomic mass is 9.96. The van der Waals surface area contributed by atoms with E-state index in [0.717, 1.165) is 11.5 Å². The summed E-state index contributed by atoms with van der Waals surface area (Å²) < 4.78 is 55.0. The zero-order valence-electron chi connectivity index (χ0n) is 17.6. The van der Waals surface area contributed by atoms with Crippen LogP contribution in [0, 0.1) is 17.6 Å². The summed E-state index contributed by atoms with van der Waals surface area (Å²) in [6.45, 7) is 2.52. The molecule has 1 N–H and O–H groups in total. The molecule has 1 aliphatic rings. The molecular weight excluding hydrogens is 438 g/mol. The van der Waals surface area contributed by atoms with Gasteiger partial charge in [0.25, 0.3) is 0 Å². The molecule has 1 amide bonds. The molecule has 170 valence electrons. The van der Waals surface area contributed by atoms with Crippen LogP contribution >= 0.6 is 0 Å². The first-order valence-electron chi connectivity index (χ1n) is 10.5. The molecule has 2 aromatic carbocycles. The van der Waals surface area contributed by atoms with Gasteiger partial charge in [0.05, 0.1) is 16.6 Å². The van der Waals surface area contributed by atoms with Crippen LogP contribution in [0.5, 0.6) is 0 Å². The molecule has 0 atom stereocenters. The SMILES string of the molecule is CCN(Cc1cccc(F)c1F)C(=O)C1CCN(S(=O)(=O)c2ccc3cn[nH]c3c2)CC1. The highest BCUT2D eigenvalue weighted by molar-refractivity contribution is 7.89. The molecular formula is C22H24F2N4O3S. The van der Waals surface area contributed by atoms with Crippen molar-refractivity contribution in [1.29, 1.82) is 0 Å². The number of piperidine rings is 1. The van der Waals surface area contributed by atoms with E-state index < -0.39 is 21.7 Å². The van der Waals surface area contributed by atoms with Crippen LogP contribution in [0.2, 0.25) is 0 Å². The van der Waals surface area contributed by atoms with Crippen LogP contribution in [-0.2, 0) is 21.4 Å². The number of fused-ring (bicyclic) bond motifs is 1. The number of hydrogen-bond acceptors (Lipinski definition) is 4. The first kappa shape index (κ1) is 22.3. The van der Waals surface area contributed by atoms with Crippen molar-refractivity contribution in [2.24, 2.45) is 5.92 Å². The van der Waals surface area contributed by atoms with E-state index in [2.05, 4.69) is 10.2 Å². The fourth-order valence-electron chi connectivity index (χ4n) is 4.05. The molecule has 0 saturated carbocycles. The largest absolute Gasteiger partial charge is 0.338 e. The third-order valence-electron chi connectivity index (χ3n) is 5.94.